The van der Waals surface area contributed by atoms with E-state index < -0.39 is 0 Å². The van der Waals surface area contributed by atoms with Gasteiger partial charge in [-0.25, -0.2) is 0 Å². The fourth-order valence-electron chi connectivity index (χ4n) is 4.31. The van der Waals surface area contributed by atoms with E-state index in [1.54, 1.807) is 18.8 Å². The van der Waals surface area contributed by atoms with Crippen LogP contribution in [0.2, 0.25) is 0 Å². The van der Waals surface area contributed by atoms with E-state index in [4.69, 9.17) is 4.74 Å². The summed E-state index contributed by atoms with van der Waals surface area (Å²) in [6.45, 7) is 5.59. The predicted octanol–water partition coefficient (Wildman–Crippen LogP) is 3.79. The van der Waals surface area contributed by atoms with Crippen molar-refractivity contribution < 1.29 is 19.1 Å². The molecule has 1 saturated heterocycles. The first kappa shape index (κ1) is 29.5. The van der Waals surface area contributed by atoms with Gasteiger partial charge in [0.05, 0.1) is 19.3 Å². The molecule has 0 aliphatic carbocycles. The normalized spacial score (nSPS) is 15.2. The Labute approximate surface area is 215 Å². The SMILES string of the molecule is CNC(=O)CCC(C=O)N(C)Cc1c(C=O)cccc1SCCCCCCCCN1CCOCC1. The zero-order valence-electron chi connectivity index (χ0n) is 21.5. The van der Waals surface area contributed by atoms with Gasteiger partial charge in [0.2, 0.25) is 5.91 Å². The van der Waals surface area contributed by atoms with Crippen molar-refractivity contribution >= 4 is 30.2 Å². The Balaban J connectivity index is 1.73. The van der Waals surface area contributed by atoms with E-state index >= 15 is 0 Å². The molecule has 0 spiro atoms. The van der Waals surface area contributed by atoms with E-state index in [0.717, 1.165) is 61.5 Å². The van der Waals surface area contributed by atoms with Gasteiger partial charge in [0.25, 0.3) is 0 Å². The van der Waals surface area contributed by atoms with Gasteiger partial charge < -0.3 is 14.8 Å². The van der Waals surface area contributed by atoms with Crippen molar-refractivity contribution in [2.45, 2.75) is 68.8 Å². The number of benzene rings is 1. The number of nitrogens with one attached hydrogen (secondary N) is 1. The van der Waals surface area contributed by atoms with Gasteiger partial charge in [-0.1, -0.05) is 37.8 Å². The number of ether oxygens (including phenoxy) is 1. The van der Waals surface area contributed by atoms with Crippen LogP contribution in [0.4, 0.5) is 0 Å². The fourth-order valence-corrected chi connectivity index (χ4v) is 5.41. The van der Waals surface area contributed by atoms with Crippen molar-refractivity contribution in [3.05, 3.63) is 29.3 Å². The number of carbonyl (C=O) groups is 3. The Bertz CT molecular complexity index is 771. The number of unbranched alkanes of at least 4 members (excludes halogenated alkanes) is 5. The summed E-state index contributed by atoms with van der Waals surface area (Å²) in [6.07, 6.45) is 10.0. The summed E-state index contributed by atoms with van der Waals surface area (Å²) in [6, 6.07) is 5.45. The second-order valence-corrected chi connectivity index (χ2v) is 10.3. The number of rotatable bonds is 18. The Morgan fingerprint density at radius 3 is 2.54 bits per heavy atom. The van der Waals surface area contributed by atoms with Gasteiger partial charge in [0, 0.05) is 43.6 Å². The summed E-state index contributed by atoms with van der Waals surface area (Å²) in [5.74, 6) is 0.938. The number of carbonyl (C=O) groups excluding carboxylic acids is 3. The maximum Gasteiger partial charge on any atom is 0.219 e. The molecule has 196 valence electrons. The van der Waals surface area contributed by atoms with Gasteiger partial charge in [-0.3, -0.25) is 19.4 Å². The Morgan fingerprint density at radius 2 is 1.86 bits per heavy atom. The monoisotopic (exact) mass is 505 g/mol. The molecule has 1 aromatic rings. The molecule has 1 unspecified atom stereocenters. The second kappa shape index (κ2) is 17.7. The Morgan fingerprint density at radius 1 is 1.14 bits per heavy atom. The first-order valence-electron chi connectivity index (χ1n) is 12.9. The van der Waals surface area contributed by atoms with E-state index in [-0.39, 0.29) is 11.9 Å². The van der Waals surface area contributed by atoms with Crippen LogP contribution in [0.15, 0.2) is 23.1 Å². The quantitative estimate of drug-likeness (QED) is 0.185. The zero-order chi connectivity index (χ0) is 25.3. The van der Waals surface area contributed by atoms with Crippen LogP contribution < -0.4 is 5.32 Å². The van der Waals surface area contributed by atoms with Crippen molar-refractivity contribution in [1.29, 1.82) is 0 Å². The van der Waals surface area contributed by atoms with Crippen molar-refractivity contribution in [2.75, 3.05) is 52.7 Å². The molecular formula is C27H43N3O4S. The summed E-state index contributed by atoms with van der Waals surface area (Å²) in [4.78, 5) is 40.4. The van der Waals surface area contributed by atoms with E-state index in [1.807, 2.05) is 24.1 Å². The van der Waals surface area contributed by atoms with Crippen LogP contribution in [0.25, 0.3) is 0 Å². The molecule has 1 heterocycles. The molecule has 1 aliphatic rings. The maximum absolute atomic E-state index is 11.7. The molecule has 1 aliphatic heterocycles. The number of amides is 1. The van der Waals surface area contributed by atoms with E-state index in [1.165, 1.54) is 38.6 Å². The molecule has 1 amide bonds. The average molecular weight is 506 g/mol. The van der Waals surface area contributed by atoms with Crippen molar-refractivity contribution in [2.24, 2.45) is 0 Å². The number of nitrogens with zero attached hydrogens (tertiary/aromatic N) is 2. The van der Waals surface area contributed by atoms with Gasteiger partial charge >= 0.3 is 0 Å². The minimum atomic E-state index is -0.367. The Hall–Kier alpha value is -1.74. The molecule has 0 bridgehead atoms. The third kappa shape index (κ3) is 11.2. The van der Waals surface area contributed by atoms with Crippen LogP contribution in [-0.4, -0.2) is 87.0 Å². The number of hydrogen-bond donors (Lipinski definition) is 1. The summed E-state index contributed by atoms with van der Waals surface area (Å²) in [5.41, 5.74) is 1.63. The van der Waals surface area contributed by atoms with E-state index in [2.05, 4.69) is 16.3 Å². The third-order valence-electron chi connectivity index (χ3n) is 6.60. The third-order valence-corrected chi connectivity index (χ3v) is 7.79. The molecule has 2 rings (SSSR count). The molecular weight excluding hydrogens is 462 g/mol. The smallest absolute Gasteiger partial charge is 0.219 e. The van der Waals surface area contributed by atoms with Crippen LogP contribution >= 0.6 is 11.8 Å². The van der Waals surface area contributed by atoms with Crippen LogP contribution in [0.3, 0.4) is 0 Å². The summed E-state index contributed by atoms with van der Waals surface area (Å²) >= 11 is 1.79. The molecule has 0 saturated carbocycles. The van der Waals surface area contributed by atoms with Crippen molar-refractivity contribution in [3.8, 4) is 0 Å². The molecule has 0 radical (unpaired) electrons. The molecule has 1 fully saturated rings. The largest absolute Gasteiger partial charge is 0.379 e. The van der Waals surface area contributed by atoms with Crippen LogP contribution in [-0.2, 0) is 20.9 Å². The lowest BCUT2D eigenvalue weighted by atomic mass is 10.1. The lowest BCUT2D eigenvalue weighted by molar-refractivity contribution is -0.121. The van der Waals surface area contributed by atoms with Gasteiger partial charge in [0.15, 0.2) is 0 Å². The first-order valence-corrected chi connectivity index (χ1v) is 13.9. The summed E-state index contributed by atoms with van der Waals surface area (Å²) in [5, 5.41) is 2.59. The number of morpholine rings is 1. The number of hydrogen-bond acceptors (Lipinski definition) is 7. The molecule has 1 N–H and O–H groups in total. The highest BCUT2D eigenvalue weighted by molar-refractivity contribution is 7.99. The van der Waals surface area contributed by atoms with Crippen LogP contribution in [0, 0.1) is 0 Å². The van der Waals surface area contributed by atoms with Gasteiger partial charge in [-0.2, -0.15) is 0 Å². The van der Waals surface area contributed by atoms with Crippen LogP contribution in [0.5, 0.6) is 0 Å². The second-order valence-electron chi connectivity index (χ2n) is 9.20. The van der Waals surface area contributed by atoms with Crippen molar-refractivity contribution in [3.63, 3.8) is 0 Å². The van der Waals surface area contributed by atoms with Crippen molar-refractivity contribution in [1.82, 2.24) is 15.1 Å². The zero-order valence-corrected chi connectivity index (χ0v) is 22.3. The van der Waals surface area contributed by atoms with Gasteiger partial charge in [-0.05, 0) is 50.2 Å². The minimum Gasteiger partial charge on any atom is -0.379 e. The number of likely N-dealkylation sites (N-methyl/N-ethyl adjacent to an activating group) is 1. The lowest BCUT2D eigenvalue weighted by Crippen LogP contribution is -2.36. The molecule has 7 nitrogen and oxygen atoms in total. The highest BCUT2D eigenvalue weighted by Crippen LogP contribution is 2.28. The van der Waals surface area contributed by atoms with E-state index in [9.17, 15) is 14.4 Å². The maximum atomic E-state index is 11.7. The average Bonchev–Trinajstić information content (AvgIpc) is 2.89. The molecule has 1 aromatic carbocycles. The summed E-state index contributed by atoms with van der Waals surface area (Å²) < 4.78 is 5.40. The van der Waals surface area contributed by atoms with Gasteiger partial charge in [0.1, 0.15) is 12.6 Å². The van der Waals surface area contributed by atoms with Gasteiger partial charge in [-0.15, -0.1) is 11.8 Å². The first-order chi connectivity index (χ1) is 17.1. The standard InChI is InChI=1S/C27H43N3O4S/c1-28-27(33)13-12-24(22-32)29(2)20-25-23(21-31)10-9-11-26(25)35-19-8-6-4-3-5-7-14-30-15-17-34-18-16-30/h9-11,21-22,24H,3-8,12-20H2,1-2H3,(H,28,33). The minimum absolute atomic E-state index is 0.0770. The predicted molar refractivity (Wildman–Crippen MR) is 142 cm³/mol. The topological polar surface area (TPSA) is 79.0 Å². The highest BCUT2D eigenvalue weighted by atomic mass is 32.2. The molecule has 0 aromatic heterocycles. The lowest BCUT2D eigenvalue weighted by Gasteiger charge is -2.26. The fraction of sp³-hybridized carbons (Fsp3) is 0.667. The van der Waals surface area contributed by atoms with Crippen LogP contribution in [0.1, 0.15) is 67.3 Å². The molecule has 8 heteroatoms. The Kier molecular flexibility index (Phi) is 14.9. The molecule has 35 heavy (non-hydrogen) atoms. The molecule has 1 atom stereocenters. The highest BCUT2D eigenvalue weighted by Gasteiger charge is 2.19. The number of thioether (sulfide) groups is 1. The summed E-state index contributed by atoms with van der Waals surface area (Å²) in [7, 11) is 3.47. The number of aldehydes is 2. The van der Waals surface area contributed by atoms with E-state index in [0.29, 0.717) is 24.9 Å².